The number of hydrogen-bond donors (Lipinski definition) is 2. The summed E-state index contributed by atoms with van der Waals surface area (Å²) >= 11 is 6.85. The highest BCUT2D eigenvalue weighted by Gasteiger charge is 2.35. The molecular formula is C53H39BBr2N4O2. The zero-order valence-electron chi connectivity index (χ0n) is 33.9. The smallest absolute Gasteiger partial charge is 0.423 e. The molecule has 300 valence electrons. The lowest BCUT2D eigenvalue weighted by atomic mass is 9.80. The van der Waals surface area contributed by atoms with E-state index in [2.05, 4.69) is 142 Å². The third-order valence-electron chi connectivity index (χ3n) is 11.3. The zero-order chi connectivity index (χ0) is 42.8. The lowest BCUT2D eigenvalue weighted by Crippen LogP contribution is -2.29. The molecule has 7 aromatic carbocycles. The molecule has 0 saturated heterocycles. The van der Waals surface area contributed by atoms with E-state index in [4.69, 9.17) is 15.0 Å². The van der Waals surface area contributed by atoms with Gasteiger partial charge < -0.3 is 10.0 Å². The molecule has 2 aromatic heterocycles. The quantitative estimate of drug-likeness (QED) is 0.122. The first-order chi connectivity index (χ1) is 30.1. The van der Waals surface area contributed by atoms with Crippen molar-refractivity contribution in [2.75, 3.05) is 0 Å². The van der Waals surface area contributed by atoms with Crippen LogP contribution in [0.3, 0.4) is 0 Å². The van der Waals surface area contributed by atoms with Gasteiger partial charge in [0.25, 0.3) is 0 Å². The number of hydrogen-bond acceptors (Lipinski definition) is 6. The molecule has 0 atom stereocenters. The van der Waals surface area contributed by atoms with Crippen molar-refractivity contribution in [2.24, 2.45) is 0 Å². The van der Waals surface area contributed by atoms with Crippen molar-refractivity contribution in [3.05, 3.63) is 208 Å². The van der Waals surface area contributed by atoms with Crippen molar-refractivity contribution in [3.63, 3.8) is 0 Å². The van der Waals surface area contributed by atoms with Gasteiger partial charge in [-0.15, -0.1) is 0 Å². The summed E-state index contributed by atoms with van der Waals surface area (Å²) < 4.78 is 1.85. The Morgan fingerprint density at radius 3 is 1.42 bits per heavy atom. The average molecular weight is 935 g/mol. The molecule has 0 aliphatic heterocycles. The molecule has 6 nitrogen and oxygen atoms in total. The largest absolute Gasteiger partial charge is 0.488 e. The number of benzene rings is 7. The molecule has 1 aliphatic rings. The highest BCUT2D eigenvalue weighted by atomic mass is 79.9. The molecule has 0 amide bonds. The Balaban J connectivity index is 0.000000297. The Bertz CT molecular complexity index is 3020. The molecule has 0 unspecified atom stereocenters. The fourth-order valence-corrected chi connectivity index (χ4v) is 8.74. The van der Waals surface area contributed by atoms with E-state index < -0.39 is 7.12 Å². The minimum Gasteiger partial charge on any atom is -0.423 e. The van der Waals surface area contributed by atoms with Crippen molar-refractivity contribution in [1.82, 2.24) is 19.9 Å². The number of aromatic nitrogens is 4. The summed E-state index contributed by atoms with van der Waals surface area (Å²) in [6.07, 6.45) is 1.80. The first-order valence-electron chi connectivity index (χ1n) is 20.2. The topological polar surface area (TPSA) is 92.0 Å². The molecule has 2 heterocycles. The summed E-state index contributed by atoms with van der Waals surface area (Å²) in [6.45, 7) is 4.56. The van der Waals surface area contributed by atoms with Crippen molar-refractivity contribution in [2.45, 2.75) is 19.3 Å². The van der Waals surface area contributed by atoms with Gasteiger partial charge in [0, 0.05) is 38.3 Å². The first-order valence-corrected chi connectivity index (χ1v) is 21.8. The first kappa shape index (κ1) is 41.0. The molecule has 0 spiro atoms. The molecule has 2 N–H and O–H groups in total. The Labute approximate surface area is 378 Å². The van der Waals surface area contributed by atoms with Gasteiger partial charge >= 0.3 is 7.12 Å². The van der Waals surface area contributed by atoms with Gasteiger partial charge in [-0.05, 0) is 99.5 Å². The number of halogens is 2. The lowest BCUT2D eigenvalue weighted by Gasteiger charge is -2.21. The summed E-state index contributed by atoms with van der Waals surface area (Å²) in [5.41, 5.74) is 14.8. The normalized spacial score (nSPS) is 12.2. The van der Waals surface area contributed by atoms with Crippen molar-refractivity contribution in [3.8, 4) is 78.7 Å². The van der Waals surface area contributed by atoms with Gasteiger partial charge in [0.05, 0.1) is 0 Å². The van der Waals surface area contributed by atoms with E-state index in [1.54, 1.807) is 18.3 Å². The van der Waals surface area contributed by atoms with E-state index in [1.807, 2.05) is 78.9 Å². The maximum Gasteiger partial charge on any atom is 0.488 e. The number of nitrogens with zero attached hydrogens (tertiary/aromatic N) is 4. The van der Waals surface area contributed by atoms with Crippen LogP contribution in [0.15, 0.2) is 197 Å². The van der Waals surface area contributed by atoms with Crippen molar-refractivity contribution in [1.29, 1.82) is 0 Å². The van der Waals surface area contributed by atoms with Crippen LogP contribution < -0.4 is 5.46 Å². The Morgan fingerprint density at radius 2 is 0.855 bits per heavy atom. The van der Waals surface area contributed by atoms with Crippen molar-refractivity contribution < 1.29 is 10.0 Å². The van der Waals surface area contributed by atoms with Crippen LogP contribution in [0.5, 0.6) is 0 Å². The monoisotopic (exact) mass is 932 g/mol. The fraction of sp³-hybridized carbons (Fsp3) is 0.0566. The molecule has 0 fully saturated rings. The van der Waals surface area contributed by atoms with Gasteiger partial charge in [-0.3, -0.25) is 0 Å². The lowest BCUT2D eigenvalue weighted by molar-refractivity contribution is 0.426. The highest BCUT2D eigenvalue weighted by Crippen LogP contribution is 2.49. The van der Waals surface area contributed by atoms with Crippen LogP contribution in [0.4, 0.5) is 0 Å². The summed E-state index contributed by atoms with van der Waals surface area (Å²) in [5, 5.41) is 18.9. The van der Waals surface area contributed by atoms with Crippen LogP contribution in [-0.2, 0) is 5.41 Å². The second kappa shape index (κ2) is 17.6. The van der Waals surface area contributed by atoms with Gasteiger partial charge in [0.2, 0.25) is 0 Å². The van der Waals surface area contributed by atoms with Gasteiger partial charge in [-0.2, -0.15) is 0 Å². The summed E-state index contributed by atoms with van der Waals surface area (Å²) in [4.78, 5) is 19.2. The highest BCUT2D eigenvalue weighted by molar-refractivity contribution is 9.11. The molecular weight excluding hydrogens is 895 g/mol. The van der Waals surface area contributed by atoms with Crippen LogP contribution >= 0.6 is 31.9 Å². The van der Waals surface area contributed by atoms with E-state index in [0.29, 0.717) is 22.9 Å². The van der Waals surface area contributed by atoms with E-state index >= 15 is 0 Å². The maximum absolute atomic E-state index is 9.47. The number of pyridine rings is 1. The molecule has 9 heteroatoms. The van der Waals surface area contributed by atoms with Crippen LogP contribution in [-0.4, -0.2) is 37.1 Å². The second-order valence-electron chi connectivity index (χ2n) is 15.6. The minimum absolute atomic E-state index is 0.142. The van der Waals surface area contributed by atoms with Crippen molar-refractivity contribution >= 4 is 44.4 Å². The predicted octanol–water partition coefficient (Wildman–Crippen LogP) is 12.5. The predicted molar refractivity (Wildman–Crippen MR) is 259 cm³/mol. The summed E-state index contributed by atoms with van der Waals surface area (Å²) in [5.74, 6) is 1.83. The van der Waals surface area contributed by atoms with Crippen LogP contribution in [0.2, 0.25) is 0 Å². The number of fused-ring (bicyclic) bond motifs is 3. The minimum atomic E-state index is -1.49. The van der Waals surface area contributed by atoms with Crippen LogP contribution in [0.1, 0.15) is 25.0 Å². The average Bonchev–Trinajstić information content (AvgIpc) is 3.55. The maximum atomic E-state index is 9.47. The van der Waals surface area contributed by atoms with E-state index in [1.165, 1.54) is 27.8 Å². The standard InChI is InChI=1S/C42H32BN3O2.C11H7Br2N/c1-42(2)37-11-7-6-10-35(37)36-25-22-33(26-38(36)42)41-45-39(31-16-12-28(13-17-31)27-8-4-3-5-9-27)44-40(46-41)32-18-14-29(15-19-32)30-20-23-34(24-21-30)43(47)48;12-10-7-14-11(13)6-9(10)8-4-2-1-3-5-8/h3-26,47-48H,1-2H3;1-7H. The van der Waals surface area contributed by atoms with Gasteiger partial charge in [-0.25, -0.2) is 19.9 Å². The number of rotatable bonds is 7. The van der Waals surface area contributed by atoms with Gasteiger partial charge in [0.15, 0.2) is 17.5 Å². The Morgan fingerprint density at radius 1 is 0.419 bits per heavy atom. The second-order valence-corrected chi connectivity index (χ2v) is 17.3. The van der Waals surface area contributed by atoms with Crippen LogP contribution in [0.25, 0.3) is 78.7 Å². The third-order valence-corrected chi connectivity index (χ3v) is 12.4. The van der Waals surface area contributed by atoms with Gasteiger partial charge in [-0.1, -0.05) is 184 Å². The van der Waals surface area contributed by atoms with Gasteiger partial charge in [0.1, 0.15) is 4.60 Å². The van der Waals surface area contributed by atoms with E-state index in [9.17, 15) is 10.0 Å². The molecule has 10 rings (SSSR count). The van der Waals surface area contributed by atoms with E-state index in [0.717, 1.165) is 53.6 Å². The SMILES string of the molecule is Brc1cc(-c2ccccc2)c(Br)cn1.CC1(C)c2ccccc2-c2ccc(-c3nc(-c4ccc(-c5ccccc5)cc4)nc(-c4ccc(-c5ccc(B(O)O)cc5)cc4)n3)cc21. The summed E-state index contributed by atoms with van der Waals surface area (Å²) in [7, 11) is -1.49. The molecule has 62 heavy (non-hydrogen) atoms. The molecule has 0 saturated carbocycles. The molecule has 0 radical (unpaired) electrons. The van der Waals surface area contributed by atoms with Crippen LogP contribution in [0, 0.1) is 0 Å². The summed E-state index contributed by atoms with van der Waals surface area (Å²) in [6, 6.07) is 61.4. The molecule has 0 bridgehead atoms. The molecule has 1 aliphatic carbocycles. The Kier molecular flexibility index (Phi) is 11.6. The fourth-order valence-electron chi connectivity index (χ4n) is 7.96. The third kappa shape index (κ3) is 8.45. The Hall–Kier alpha value is -6.36. The molecule has 9 aromatic rings. The van der Waals surface area contributed by atoms with E-state index in [-0.39, 0.29) is 5.41 Å². The zero-order valence-corrected chi connectivity index (χ0v) is 37.1.